The van der Waals surface area contributed by atoms with E-state index in [2.05, 4.69) is 75.4 Å². The maximum atomic E-state index is 4.63. The average molecular weight is 346 g/mol. The molecule has 21 heavy (non-hydrogen) atoms. The van der Waals surface area contributed by atoms with Crippen molar-refractivity contribution in [2.45, 2.75) is 32.4 Å². The van der Waals surface area contributed by atoms with Crippen LogP contribution in [0.4, 0.5) is 11.5 Å². The zero-order chi connectivity index (χ0) is 14.8. The monoisotopic (exact) mass is 345 g/mol. The molecule has 110 valence electrons. The van der Waals surface area contributed by atoms with Crippen LogP contribution in [0.5, 0.6) is 0 Å². The Balaban J connectivity index is 1.90. The van der Waals surface area contributed by atoms with Crippen molar-refractivity contribution in [1.29, 1.82) is 0 Å². The first-order chi connectivity index (χ1) is 10.1. The van der Waals surface area contributed by atoms with Crippen molar-refractivity contribution in [2.24, 2.45) is 0 Å². The highest BCUT2D eigenvalue weighted by atomic mass is 79.9. The summed E-state index contributed by atoms with van der Waals surface area (Å²) in [4.78, 5) is 6.81. The molecule has 0 amide bonds. The third-order valence-electron chi connectivity index (χ3n) is 3.86. The van der Waals surface area contributed by atoms with E-state index in [4.69, 9.17) is 0 Å². The number of halogens is 1. The number of benzene rings is 1. The predicted octanol–water partition coefficient (Wildman–Crippen LogP) is 4.17. The van der Waals surface area contributed by atoms with Crippen LogP contribution in [0.2, 0.25) is 0 Å². The highest BCUT2D eigenvalue weighted by Crippen LogP contribution is 2.30. The molecule has 0 bridgehead atoms. The number of aryl methyl sites for hydroxylation is 1. The van der Waals surface area contributed by atoms with Crippen LogP contribution in [-0.4, -0.2) is 18.1 Å². The fourth-order valence-corrected chi connectivity index (χ4v) is 2.88. The molecule has 2 aromatic rings. The van der Waals surface area contributed by atoms with Crippen molar-refractivity contribution in [3.8, 4) is 0 Å². The Kier molecular flexibility index (Phi) is 4.27. The minimum atomic E-state index is 0.695. The van der Waals surface area contributed by atoms with E-state index in [-0.39, 0.29) is 0 Å². The molecule has 1 aromatic carbocycles. The molecule has 0 spiro atoms. The fraction of sp³-hybridized carbons (Fsp3) is 0.353. The van der Waals surface area contributed by atoms with Crippen LogP contribution in [0.15, 0.2) is 41.0 Å². The van der Waals surface area contributed by atoms with Crippen LogP contribution in [0, 0.1) is 6.92 Å². The van der Waals surface area contributed by atoms with Gasteiger partial charge in [-0.05, 0) is 53.4 Å². The summed E-state index contributed by atoms with van der Waals surface area (Å²) in [6, 6.07) is 11.3. The second kappa shape index (κ2) is 6.16. The van der Waals surface area contributed by atoms with Crippen molar-refractivity contribution in [2.75, 3.05) is 11.9 Å². The molecular formula is C17H20BrN3. The van der Waals surface area contributed by atoms with Gasteiger partial charge in [0.1, 0.15) is 5.82 Å². The molecule has 1 N–H and O–H groups in total. The van der Waals surface area contributed by atoms with Gasteiger partial charge < -0.3 is 10.2 Å². The predicted molar refractivity (Wildman–Crippen MR) is 91.0 cm³/mol. The van der Waals surface area contributed by atoms with Gasteiger partial charge in [-0.3, -0.25) is 0 Å². The lowest BCUT2D eigenvalue weighted by molar-refractivity contribution is 0.685. The lowest BCUT2D eigenvalue weighted by Crippen LogP contribution is -2.20. The SMILES string of the molecule is Cc1ccccc1N(C)c1ncc(Br)cc1CNC1CC1. The number of hydrogen-bond acceptors (Lipinski definition) is 3. The van der Waals surface area contributed by atoms with Gasteiger partial charge in [0.05, 0.1) is 0 Å². The Hall–Kier alpha value is -1.39. The molecule has 4 heteroatoms. The molecule has 1 aliphatic rings. The molecule has 3 rings (SSSR count). The first kappa shape index (κ1) is 14.5. The minimum absolute atomic E-state index is 0.695. The van der Waals surface area contributed by atoms with Crippen molar-refractivity contribution in [1.82, 2.24) is 10.3 Å². The highest BCUT2D eigenvalue weighted by molar-refractivity contribution is 9.10. The van der Waals surface area contributed by atoms with Crippen LogP contribution < -0.4 is 10.2 Å². The van der Waals surface area contributed by atoms with Gasteiger partial charge in [-0.25, -0.2) is 4.98 Å². The van der Waals surface area contributed by atoms with E-state index < -0.39 is 0 Å². The Bertz CT molecular complexity index is 638. The fourth-order valence-electron chi connectivity index (χ4n) is 2.50. The van der Waals surface area contributed by atoms with Crippen LogP contribution in [0.25, 0.3) is 0 Å². The molecular weight excluding hydrogens is 326 g/mol. The number of para-hydroxylation sites is 1. The maximum Gasteiger partial charge on any atom is 0.137 e. The van der Waals surface area contributed by atoms with Crippen molar-refractivity contribution in [3.63, 3.8) is 0 Å². The second-order valence-electron chi connectivity index (χ2n) is 5.64. The first-order valence-corrected chi connectivity index (χ1v) is 8.11. The molecule has 1 aromatic heterocycles. The van der Waals surface area contributed by atoms with Gasteiger partial charge in [-0.1, -0.05) is 18.2 Å². The number of aromatic nitrogens is 1. The third-order valence-corrected chi connectivity index (χ3v) is 4.30. The van der Waals surface area contributed by atoms with E-state index in [9.17, 15) is 0 Å². The van der Waals surface area contributed by atoms with E-state index in [1.54, 1.807) is 0 Å². The number of nitrogens with zero attached hydrogens (tertiary/aromatic N) is 2. The molecule has 0 radical (unpaired) electrons. The highest BCUT2D eigenvalue weighted by Gasteiger charge is 2.21. The lowest BCUT2D eigenvalue weighted by Gasteiger charge is -2.23. The van der Waals surface area contributed by atoms with Crippen molar-refractivity contribution in [3.05, 3.63) is 52.1 Å². The van der Waals surface area contributed by atoms with Crippen LogP contribution in [0.1, 0.15) is 24.0 Å². The van der Waals surface area contributed by atoms with Crippen LogP contribution in [-0.2, 0) is 6.54 Å². The summed E-state index contributed by atoms with van der Waals surface area (Å²) in [6.07, 6.45) is 4.46. The van der Waals surface area contributed by atoms with Crippen LogP contribution >= 0.6 is 15.9 Å². The molecule has 1 aliphatic carbocycles. The largest absolute Gasteiger partial charge is 0.329 e. The average Bonchev–Trinajstić information content (AvgIpc) is 3.29. The summed E-state index contributed by atoms with van der Waals surface area (Å²) < 4.78 is 1.03. The standard InChI is InChI=1S/C17H20BrN3/c1-12-5-3-4-6-16(12)21(2)17-13(9-14(18)11-20-17)10-19-15-7-8-15/h3-6,9,11,15,19H,7-8,10H2,1-2H3. The minimum Gasteiger partial charge on any atom is -0.329 e. The first-order valence-electron chi connectivity index (χ1n) is 7.32. The summed E-state index contributed by atoms with van der Waals surface area (Å²) in [5.41, 5.74) is 3.67. The number of rotatable bonds is 5. The van der Waals surface area contributed by atoms with E-state index in [0.717, 1.165) is 16.8 Å². The molecule has 1 heterocycles. The zero-order valence-electron chi connectivity index (χ0n) is 12.4. The number of anilines is 2. The lowest BCUT2D eigenvalue weighted by atomic mass is 10.1. The number of nitrogens with one attached hydrogen (secondary N) is 1. The molecule has 3 nitrogen and oxygen atoms in total. The summed E-state index contributed by atoms with van der Waals surface area (Å²) >= 11 is 3.53. The van der Waals surface area contributed by atoms with Gasteiger partial charge in [-0.15, -0.1) is 0 Å². The molecule has 1 saturated carbocycles. The molecule has 0 unspecified atom stereocenters. The van der Waals surface area contributed by atoms with E-state index in [0.29, 0.717) is 6.04 Å². The van der Waals surface area contributed by atoms with E-state index in [1.807, 2.05) is 6.20 Å². The maximum absolute atomic E-state index is 4.63. The Morgan fingerprint density at radius 3 is 2.81 bits per heavy atom. The van der Waals surface area contributed by atoms with Crippen molar-refractivity contribution < 1.29 is 0 Å². The van der Waals surface area contributed by atoms with Gasteiger partial charge >= 0.3 is 0 Å². The summed E-state index contributed by atoms with van der Waals surface area (Å²) in [5.74, 6) is 1.01. The summed E-state index contributed by atoms with van der Waals surface area (Å²) in [5, 5.41) is 3.57. The molecule has 1 fully saturated rings. The Labute approximate surface area is 134 Å². The molecule has 0 atom stereocenters. The second-order valence-corrected chi connectivity index (χ2v) is 6.55. The topological polar surface area (TPSA) is 28.2 Å². The van der Waals surface area contributed by atoms with Crippen LogP contribution in [0.3, 0.4) is 0 Å². The van der Waals surface area contributed by atoms with Gasteiger partial charge in [0.2, 0.25) is 0 Å². The van der Waals surface area contributed by atoms with Gasteiger partial charge in [0.15, 0.2) is 0 Å². The number of pyridine rings is 1. The smallest absolute Gasteiger partial charge is 0.137 e. The molecule has 0 saturated heterocycles. The molecule has 0 aliphatic heterocycles. The third kappa shape index (κ3) is 3.44. The Morgan fingerprint density at radius 1 is 1.33 bits per heavy atom. The number of hydrogen-bond donors (Lipinski definition) is 1. The van der Waals surface area contributed by atoms with Gasteiger partial charge in [-0.2, -0.15) is 0 Å². The van der Waals surface area contributed by atoms with Gasteiger partial charge in [0.25, 0.3) is 0 Å². The summed E-state index contributed by atoms with van der Waals surface area (Å²) in [6.45, 7) is 3.00. The normalized spacial score (nSPS) is 14.2. The van der Waals surface area contributed by atoms with E-state index >= 15 is 0 Å². The van der Waals surface area contributed by atoms with E-state index in [1.165, 1.54) is 29.7 Å². The van der Waals surface area contributed by atoms with Gasteiger partial charge in [0, 0.05) is 41.6 Å². The zero-order valence-corrected chi connectivity index (χ0v) is 14.0. The summed E-state index contributed by atoms with van der Waals surface area (Å²) in [7, 11) is 2.08. The Morgan fingerprint density at radius 2 is 2.10 bits per heavy atom. The van der Waals surface area contributed by atoms with Crippen molar-refractivity contribution >= 4 is 27.4 Å². The quantitative estimate of drug-likeness (QED) is 0.881.